The number of nitrogens with zero attached hydrogens (tertiary/aromatic N) is 4. The van der Waals surface area contributed by atoms with E-state index in [2.05, 4.69) is 32.6 Å². The first-order valence-corrected chi connectivity index (χ1v) is 10.2. The summed E-state index contributed by atoms with van der Waals surface area (Å²) in [5.41, 5.74) is 2.33. The molecule has 1 aromatic carbocycles. The molecule has 1 atom stereocenters. The maximum Gasteiger partial charge on any atom is 0.191 e. The van der Waals surface area contributed by atoms with Crippen LogP contribution >= 0.6 is 11.6 Å². The molecule has 148 valence electrons. The van der Waals surface area contributed by atoms with E-state index in [9.17, 15) is 0 Å². The predicted octanol–water partition coefficient (Wildman–Crippen LogP) is 3.35. The summed E-state index contributed by atoms with van der Waals surface area (Å²) in [7, 11) is 0. The lowest BCUT2D eigenvalue weighted by atomic mass is 10.1. The monoisotopic (exact) mass is 399 g/mol. The number of fused-ring (bicyclic) bond motifs is 2. The highest BCUT2D eigenvalue weighted by Gasteiger charge is 2.24. The van der Waals surface area contributed by atoms with Crippen LogP contribution < -0.4 is 10.6 Å². The summed E-state index contributed by atoms with van der Waals surface area (Å²) in [5.74, 6) is 2.64. The van der Waals surface area contributed by atoms with Crippen molar-refractivity contribution in [3.8, 4) is 0 Å². The van der Waals surface area contributed by atoms with Crippen molar-refractivity contribution in [2.45, 2.75) is 45.7 Å². The molecule has 0 fully saturated rings. The Morgan fingerprint density at radius 1 is 1.43 bits per heavy atom. The van der Waals surface area contributed by atoms with Gasteiger partial charge in [-0.1, -0.05) is 11.6 Å². The zero-order chi connectivity index (χ0) is 19.5. The Morgan fingerprint density at radius 3 is 3.18 bits per heavy atom. The number of hydrogen-bond donors (Lipinski definition) is 3. The van der Waals surface area contributed by atoms with Crippen LogP contribution in [0.25, 0.3) is 10.9 Å². The minimum Gasteiger partial charge on any atom is -0.361 e. The van der Waals surface area contributed by atoms with Crippen LogP contribution in [0, 0.1) is 6.92 Å². The molecule has 1 unspecified atom stereocenters. The molecule has 1 aliphatic rings. The van der Waals surface area contributed by atoms with Gasteiger partial charge in [0, 0.05) is 41.8 Å². The maximum atomic E-state index is 6.15. The Labute approximate surface area is 169 Å². The lowest BCUT2D eigenvalue weighted by Gasteiger charge is -2.25. The molecule has 0 bridgehead atoms. The van der Waals surface area contributed by atoms with E-state index >= 15 is 0 Å². The highest BCUT2D eigenvalue weighted by molar-refractivity contribution is 6.31. The lowest BCUT2D eigenvalue weighted by molar-refractivity contribution is 0.397. The molecule has 0 amide bonds. The van der Waals surface area contributed by atoms with Crippen LogP contribution in [0.1, 0.15) is 43.0 Å². The van der Waals surface area contributed by atoms with Crippen molar-refractivity contribution < 1.29 is 0 Å². The summed E-state index contributed by atoms with van der Waals surface area (Å²) < 4.78 is 2.01. The van der Waals surface area contributed by atoms with Gasteiger partial charge in [0.15, 0.2) is 5.96 Å². The molecule has 0 aliphatic carbocycles. The summed E-state index contributed by atoms with van der Waals surface area (Å²) in [6, 6.07) is 6.06. The third-order valence-corrected chi connectivity index (χ3v) is 5.25. The first-order chi connectivity index (χ1) is 13.6. The molecule has 4 rings (SSSR count). The zero-order valence-electron chi connectivity index (χ0n) is 16.3. The third-order valence-electron chi connectivity index (χ3n) is 5.02. The first kappa shape index (κ1) is 18.8. The molecule has 0 saturated heterocycles. The largest absolute Gasteiger partial charge is 0.361 e. The molecule has 7 nitrogen and oxygen atoms in total. The number of aromatic amines is 1. The summed E-state index contributed by atoms with van der Waals surface area (Å²) >= 11 is 6.15. The van der Waals surface area contributed by atoms with Crippen LogP contribution in [0.3, 0.4) is 0 Å². The molecular weight excluding hydrogens is 374 g/mol. The number of guanidine groups is 1. The smallest absolute Gasteiger partial charge is 0.191 e. The second-order valence-corrected chi connectivity index (χ2v) is 7.53. The van der Waals surface area contributed by atoms with Gasteiger partial charge in [-0.25, -0.2) is 9.67 Å². The highest BCUT2D eigenvalue weighted by Crippen LogP contribution is 2.24. The number of aliphatic imine (C=N–C) groups is 1. The Hall–Kier alpha value is -2.54. The Balaban J connectivity index is 1.46. The van der Waals surface area contributed by atoms with Crippen molar-refractivity contribution in [3.05, 3.63) is 46.6 Å². The van der Waals surface area contributed by atoms with Gasteiger partial charge in [-0.15, -0.1) is 0 Å². The number of halogens is 1. The summed E-state index contributed by atoms with van der Waals surface area (Å²) in [6.07, 6.45) is 5.01. The SMILES string of the molecule is CCNC(=NCCc1c[nH]c2ccc(Cl)cc12)NC1CCCn2nc(C)nc21. The molecule has 0 radical (unpaired) electrons. The van der Waals surface area contributed by atoms with E-state index in [-0.39, 0.29) is 6.04 Å². The summed E-state index contributed by atoms with van der Waals surface area (Å²) in [5, 5.41) is 13.3. The zero-order valence-corrected chi connectivity index (χ0v) is 17.1. The van der Waals surface area contributed by atoms with Gasteiger partial charge >= 0.3 is 0 Å². The number of aryl methyl sites for hydroxylation is 2. The van der Waals surface area contributed by atoms with Gasteiger partial charge in [0.05, 0.1) is 6.04 Å². The van der Waals surface area contributed by atoms with Crippen LogP contribution in [0.2, 0.25) is 5.02 Å². The van der Waals surface area contributed by atoms with Crippen molar-refractivity contribution in [2.75, 3.05) is 13.1 Å². The normalized spacial score (nSPS) is 17.0. The number of hydrogen-bond acceptors (Lipinski definition) is 3. The van der Waals surface area contributed by atoms with Crippen molar-refractivity contribution in [2.24, 2.45) is 4.99 Å². The molecule has 28 heavy (non-hydrogen) atoms. The van der Waals surface area contributed by atoms with Crippen LogP contribution in [-0.4, -0.2) is 38.8 Å². The minimum atomic E-state index is 0.139. The fourth-order valence-electron chi connectivity index (χ4n) is 3.74. The molecule has 2 aromatic heterocycles. The highest BCUT2D eigenvalue weighted by atomic mass is 35.5. The molecule has 3 heterocycles. The predicted molar refractivity (Wildman–Crippen MR) is 113 cm³/mol. The Morgan fingerprint density at radius 2 is 2.32 bits per heavy atom. The van der Waals surface area contributed by atoms with Gasteiger partial charge in [0.2, 0.25) is 0 Å². The minimum absolute atomic E-state index is 0.139. The molecule has 0 saturated carbocycles. The van der Waals surface area contributed by atoms with Gasteiger partial charge < -0.3 is 15.6 Å². The Bertz CT molecular complexity index is 988. The van der Waals surface area contributed by atoms with E-state index in [1.54, 1.807) is 0 Å². The summed E-state index contributed by atoms with van der Waals surface area (Å²) in [6.45, 7) is 6.45. The quantitative estimate of drug-likeness (QED) is 0.454. The second-order valence-electron chi connectivity index (χ2n) is 7.09. The fraction of sp³-hybridized carbons (Fsp3) is 0.450. The number of nitrogens with one attached hydrogen (secondary N) is 3. The van der Waals surface area contributed by atoms with E-state index in [0.717, 1.165) is 65.9 Å². The van der Waals surface area contributed by atoms with Gasteiger partial charge in [-0.2, -0.15) is 5.10 Å². The van der Waals surface area contributed by atoms with Crippen molar-refractivity contribution in [1.29, 1.82) is 0 Å². The van der Waals surface area contributed by atoms with E-state index in [1.165, 1.54) is 5.56 Å². The van der Waals surface area contributed by atoms with Gasteiger partial charge in [0.25, 0.3) is 0 Å². The maximum absolute atomic E-state index is 6.15. The number of rotatable bonds is 5. The van der Waals surface area contributed by atoms with Crippen LogP contribution in [0.15, 0.2) is 29.4 Å². The van der Waals surface area contributed by atoms with Gasteiger partial charge in [-0.05, 0) is 56.9 Å². The fourth-order valence-corrected chi connectivity index (χ4v) is 3.91. The van der Waals surface area contributed by atoms with E-state index < -0.39 is 0 Å². The van der Waals surface area contributed by atoms with Crippen LogP contribution in [0.4, 0.5) is 0 Å². The molecular formula is C20H26ClN7. The van der Waals surface area contributed by atoms with E-state index in [0.29, 0.717) is 6.54 Å². The standard InChI is InChI=1S/C20H26ClN7/c1-3-22-20(26-18-5-4-10-28-19(18)25-13(2)27-28)23-9-8-14-12-24-17-7-6-15(21)11-16(14)17/h6-7,11-12,18,24H,3-5,8-10H2,1-2H3,(H2,22,23,26). The molecule has 8 heteroatoms. The molecule has 3 aromatic rings. The number of H-pyrrole nitrogens is 1. The van der Waals surface area contributed by atoms with Crippen molar-refractivity contribution in [1.82, 2.24) is 30.4 Å². The Kier molecular flexibility index (Phi) is 5.52. The molecule has 1 aliphatic heterocycles. The molecule has 0 spiro atoms. The van der Waals surface area contributed by atoms with Gasteiger partial charge in [0.1, 0.15) is 11.6 Å². The van der Waals surface area contributed by atoms with E-state index in [1.807, 2.05) is 36.0 Å². The average Bonchev–Trinajstić information content (AvgIpc) is 3.25. The van der Waals surface area contributed by atoms with Gasteiger partial charge in [-0.3, -0.25) is 4.99 Å². The number of aromatic nitrogens is 4. The van der Waals surface area contributed by atoms with Crippen molar-refractivity contribution >= 4 is 28.5 Å². The lowest BCUT2D eigenvalue weighted by Crippen LogP contribution is -2.41. The van der Waals surface area contributed by atoms with Crippen LogP contribution in [-0.2, 0) is 13.0 Å². The van der Waals surface area contributed by atoms with Crippen LogP contribution in [0.5, 0.6) is 0 Å². The topological polar surface area (TPSA) is 82.9 Å². The number of benzene rings is 1. The second kappa shape index (κ2) is 8.22. The van der Waals surface area contributed by atoms with Crippen molar-refractivity contribution in [3.63, 3.8) is 0 Å². The average molecular weight is 400 g/mol. The molecule has 3 N–H and O–H groups in total. The first-order valence-electron chi connectivity index (χ1n) is 9.85. The summed E-state index contributed by atoms with van der Waals surface area (Å²) in [4.78, 5) is 12.7. The third kappa shape index (κ3) is 3.99. The van der Waals surface area contributed by atoms with E-state index in [4.69, 9.17) is 16.6 Å².